The molecule has 0 radical (unpaired) electrons. The number of hydrogen-bond donors (Lipinski definition) is 1. The quantitative estimate of drug-likeness (QED) is 0.730. The normalized spacial score (nSPS) is 32.2. The lowest BCUT2D eigenvalue weighted by Crippen LogP contribution is -2.51. The highest BCUT2D eigenvalue weighted by Gasteiger charge is 2.37. The van der Waals surface area contributed by atoms with Crippen molar-refractivity contribution in [2.75, 3.05) is 19.6 Å². The smallest absolute Gasteiger partial charge is 0.0126 e. The molecule has 1 saturated heterocycles. The molecule has 2 nitrogen and oxygen atoms in total. The molecule has 2 fully saturated rings. The predicted molar refractivity (Wildman–Crippen MR) is 78.9 cm³/mol. The van der Waals surface area contributed by atoms with Gasteiger partial charge in [0.25, 0.3) is 0 Å². The summed E-state index contributed by atoms with van der Waals surface area (Å²) in [7, 11) is 0. The van der Waals surface area contributed by atoms with Gasteiger partial charge in [-0.25, -0.2) is 0 Å². The van der Waals surface area contributed by atoms with Gasteiger partial charge in [-0.05, 0) is 70.5 Å². The first-order valence-electron chi connectivity index (χ1n) is 8.20. The number of nitrogens with zero attached hydrogens (tertiary/aromatic N) is 1. The fourth-order valence-corrected chi connectivity index (χ4v) is 4.00. The Morgan fingerprint density at radius 1 is 1.17 bits per heavy atom. The van der Waals surface area contributed by atoms with Crippen molar-refractivity contribution in [2.45, 2.75) is 71.4 Å². The van der Waals surface area contributed by atoms with Gasteiger partial charge >= 0.3 is 0 Å². The highest BCUT2D eigenvalue weighted by molar-refractivity contribution is 4.92. The third kappa shape index (κ3) is 3.27. The molecule has 2 aliphatic rings. The Labute approximate surface area is 114 Å². The summed E-state index contributed by atoms with van der Waals surface area (Å²) in [6, 6.07) is 1.67. The Kier molecular flexibility index (Phi) is 5.50. The topological polar surface area (TPSA) is 15.3 Å². The van der Waals surface area contributed by atoms with Gasteiger partial charge in [-0.15, -0.1) is 0 Å². The van der Waals surface area contributed by atoms with Crippen molar-refractivity contribution in [1.29, 1.82) is 0 Å². The van der Waals surface area contributed by atoms with Crippen molar-refractivity contribution in [3.63, 3.8) is 0 Å². The molecular weight excluding hydrogens is 220 g/mol. The molecule has 0 aromatic heterocycles. The van der Waals surface area contributed by atoms with Crippen molar-refractivity contribution < 1.29 is 0 Å². The third-order valence-electron chi connectivity index (χ3n) is 5.28. The van der Waals surface area contributed by atoms with Crippen LogP contribution in [0, 0.1) is 11.8 Å². The highest BCUT2D eigenvalue weighted by Crippen LogP contribution is 2.38. The molecule has 0 aromatic rings. The van der Waals surface area contributed by atoms with Crippen molar-refractivity contribution >= 4 is 0 Å². The van der Waals surface area contributed by atoms with Gasteiger partial charge < -0.3 is 5.32 Å². The molecule has 1 aliphatic carbocycles. The molecule has 4 unspecified atom stereocenters. The third-order valence-corrected chi connectivity index (χ3v) is 5.28. The highest BCUT2D eigenvalue weighted by atomic mass is 15.2. The van der Waals surface area contributed by atoms with E-state index >= 15 is 0 Å². The number of nitrogens with one attached hydrogen (secondary N) is 1. The zero-order chi connectivity index (χ0) is 13.0. The molecule has 106 valence electrons. The van der Waals surface area contributed by atoms with E-state index in [1.54, 1.807) is 0 Å². The van der Waals surface area contributed by atoms with E-state index in [9.17, 15) is 0 Å². The second-order valence-electron chi connectivity index (χ2n) is 6.56. The summed E-state index contributed by atoms with van der Waals surface area (Å²) in [5.74, 6) is 1.80. The molecule has 0 amide bonds. The summed E-state index contributed by atoms with van der Waals surface area (Å²) in [5.41, 5.74) is 0. The summed E-state index contributed by atoms with van der Waals surface area (Å²) in [6.45, 7) is 10.8. The fourth-order valence-electron chi connectivity index (χ4n) is 4.00. The average Bonchev–Trinajstić information content (AvgIpc) is 2.86. The number of hydrogen-bond acceptors (Lipinski definition) is 2. The van der Waals surface area contributed by atoms with Crippen LogP contribution < -0.4 is 5.32 Å². The molecule has 1 heterocycles. The molecule has 1 aliphatic heterocycles. The Balaban J connectivity index is 1.84. The second-order valence-corrected chi connectivity index (χ2v) is 6.56. The SMILES string of the molecule is CCCNCC(C)C(C)N1CCCC2CCCC21. The first kappa shape index (κ1) is 14.3. The van der Waals surface area contributed by atoms with Crippen LogP contribution in [0.5, 0.6) is 0 Å². The van der Waals surface area contributed by atoms with Gasteiger partial charge in [0.1, 0.15) is 0 Å². The maximum atomic E-state index is 3.59. The van der Waals surface area contributed by atoms with Crippen molar-refractivity contribution in [3.05, 3.63) is 0 Å². The lowest BCUT2D eigenvalue weighted by atomic mass is 9.88. The molecule has 0 spiro atoms. The van der Waals surface area contributed by atoms with E-state index < -0.39 is 0 Å². The van der Waals surface area contributed by atoms with Crippen LogP contribution >= 0.6 is 0 Å². The summed E-state index contributed by atoms with van der Waals surface area (Å²) in [4.78, 5) is 2.85. The maximum absolute atomic E-state index is 3.59. The molecule has 2 rings (SSSR count). The van der Waals surface area contributed by atoms with Crippen LogP contribution in [-0.2, 0) is 0 Å². The van der Waals surface area contributed by atoms with E-state index in [2.05, 4.69) is 31.0 Å². The molecule has 0 bridgehead atoms. The standard InChI is InChI=1S/C16H32N2/c1-4-10-17-12-13(2)14(3)18-11-6-8-15-7-5-9-16(15)18/h13-17H,4-12H2,1-3H3. The zero-order valence-electron chi connectivity index (χ0n) is 12.6. The van der Waals surface area contributed by atoms with E-state index in [1.165, 1.54) is 58.2 Å². The van der Waals surface area contributed by atoms with Gasteiger partial charge in [0, 0.05) is 12.1 Å². The van der Waals surface area contributed by atoms with Crippen LogP contribution in [-0.4, -0.2) is 36.6 Å². The largest absolute Gasteiger partial charge is 0.316 e. The van der Waals surface area contributed by atoms with Crippen LogP contribution in [0.2, 0.25) is 0 Å². The lowest BCUT2D eigenvalue weighted by molar-refractivity contribution is 0.0512. The van der Waals surface area contributed by atoms with Gasteiger partial charge in [0.15, 0.2) is 0 Å². The summed E-state index contributed by atoms with van der Waals surface area (Å²) < 4.78 is 0. The minimum absolute atomic E-state index is 0.750. The van der Waals surface area contributed by atoms with Crippen LogP contribution in [0.1, 0.15) is 59.3 Å². The van der Waals surface area contributed by atoms with Crippen LogP contribution in [0.15, 0.2) is 0 Å². The summed E-state index contributed by atoms with van der Waals surface area (Å²) in [5, 5.41) is 3.59. The van der Waals surface area contributed by atoms with Gasteiger partial charge in [0.05, 0.1) is 0 Å². The monoisotopic (exact) mass is 252 g/mol. The van der Waals surface area contributed by atoms with Crippen LogP contribution in [0.4, 0.5) is 0 Å². The maximum Gasteiger partial charge on any atom is 0.0126 e. The molecule has 0 aromatic carbocycles. The minimum atomic E-state index is 0.750. The van der Waals surface area contributed by atoms with Crippen molar-refractivity contribution in [1.82, 2.24) is 10.2 Å². The molecule has 1 saturated carbocycles. The Hall–Kier alpha value is -0.0800. The molecule has 2 heteroatoms. The Morgan fingerprint density at radius 3 is 2.72 bits per heavy atom. The van der Waals surface area contributed by atoms with E-state index in [4.69, 9.17) is 0 Å². The number of fused-ring (bicyclic) bond motifs is 1. The summed E-state index contributed by atoms with van der Waals surface area (Å²) in [6.07, 6.45) is 8.61. The Morgan fingerprint density at radius 2 is 1.94 bits per heavy atom. The number of likely N-dealkylation sites (tertiary alicyclic amines) is 1. The second kappa shape index (κ2) is 6.91. The van der Waals surface area contributed by atoms with Crippen LogP contribution in [0.3, 0.4) is 0 Å². The van der Waals surface area contributed by atoms with Gasteiger partial charge in [0.2, 0.25) is 0 Å². The van der Waals surface area contributed by atoms with Crippen molar-refractivity contribution in [3.8, 4) is 0 Å². The number of piperidine rings is 1. The van der Waals surface area contributed by atoms with E-state index in [1.807, 2.05) is 0 Å². The first-order chi connectivity index (χ1) is 8.74. The van der Waals surface area contributed by atoms with Crippen LogP contribution in [0.25, 0.3) is 0 Å². The Bertz CT molecular complexity index is 241. The zero-order valence-corrected chi connectivity index (χ0v) is 12.6. The first-order valence-corrected chi connectivity index (χ1v) is 8.20. The average molecular weight is 252 g/mol. The van der Waals surface area contributed by atoms with E-state index in [-0.39, 0.29) is 0 Å². The van der Waals surface area contributed by atoms with Gasteiger partial charge in [-0.1, -0.05) is 20.3 Å². The molecule has 4 atom stereocenters. The fraction of sp³-hybridized carbons (Fsp3) is 1.00. The van der Waals surface area contributed by atoms with Gasteiger partial charge in [-0.3, -0.25) is 4.90 Å². The number of rotatable bonds is 6. The van der Waals surface area contributed by atoms with E-state index in [0.717, 1.165) is 23.9 Å². The predicted octanol–water partition coefficient (Wildman–Crippen LogP) is 3.28. The van der Waals surface area contributed by atoms with Crippen molar-refractivity contribution in [2.24, 2.45) is 11.8 Å². The molecule has 1 N–H and O–H groups in total. The van der Waals surface area contributed by atoms with E-state index in [0.29, 0.717) is 0 Å². The van der Waals surface area contributed by atoms with Gasteiger partial charge in [-0.2, -0.15) is 0 Å². The molecular formula is C16H32N2. The molecule has 18 heavy (non-hydrogen) atoms. The lowest BCUT2D eigenvalue weighted by Gasteiger charge is -2.43. The summed E-state index contributed by atoms with van der Waals surface area (Å²) >= 11 is 0. The minimum Gasteiger partial charge on any atom is -0.316 e.